The number of amides is 1. The van der Waals surface area contributed by atoms with Crippen molar-refractivity contribution < 1.29 is 4.79 Å². The van der Waals surface area contributed by atoms with Gasteiger partial charge in [0.2, 0.25) is 5.91 Å². The Morgan fingerprint density at radius 2 is 1.83 bits per heavy atom. The molecular weight excluding hydrogens is 356 g/mol. The first-order valence-electron chi connectivity index (χ1n) is 7.20. The van der Waals surface area contributed by atoms with Crippen LogP contribution < -0.4 is 11.2 Å². The largest absolute Gasteiger partial charge is 0.369 e. The van der Waals surface area contributed by atoms with Crippen LogP contribution in [0.2, 0.25) is 0 Å². The van der Waals surface area contributed by atoms with Crippen molar-refractivity contribution in [3.8, 4) is 0 Å². The number of benzene rings is 2. The Morgan fingerprint density at radius 1 is 1.09 bits per heavy atom. The molecule has 0 aliphatic rings. The highest BCUT2D eigenvalue weighted by molar-refractivity contribution is 9.10. The van der Waals surface area contributed by atoms with Gasteiger partial charge in [-0.15, -0.1) is 0 Å². The zero-order valence-electron chi connectivity index (χ0n) is 12.3. The van der Waals surface area contributed by atoms with E-state index in [9.17, 15) is 9.59 Å². The molecule has 0 atom stereocenters. The number of nitrogens with one attached hydrogen (secondary N) is 1. The lowest BCUT2D eigenvalue weighted by Crippen LogP contribution is -2.21. The van der Waals surface area contributed by atoms with Gasteiger partial charge in [-0.25, -0.2) is 0 Å². The van der Waals surface area contributed by atoms with Crippen LogP contribution in [0.25, 0.3) is 10.9 Å². The average Bonchev–Trinajstić information content (AvgIpc) is 2.51. The van der Waals surface area contributed by atoms with Crippen LogP contribution in [0.5, 0.6) is 0 Å². The molecule has 0 fully saturated rings. The van der Waals surface area contributed by atoms with E-state index in [-0.39, 0.29) is 11.8 Å². The third-order valence-corrected chi connectivity index (χ3v) is 4.40. The van der Waals surface area contributed by atoms with Crippen LogP contribution in [-0.4, -0.2) is 10.9 Å². The van der Waals surface area contributed by atoms with Crippen LogP contribution in [-0.2, 0) is 17.6 Å². The smallest absolute Gasteiger partial charge is 0.223 e. The Bertz CT molecular complexity index is 933. The number of fused-ring (bicyclic) bond motifs is 1. The van der Waals surface area contributed by atoms with Gasteiger partial charge in [0, 0.05) is 22.2 Å². The second-order valence-electron chi connectivity index (χ2n) is 5.38. The molecular formula is C18H15BrN2O2. The minimum Gasteiger partial charge on any atom is -0.369 e. The normalized spacial score (nSPS) is 10.8. The number of rotatable bonds is 4. The van der Waals surface area contributed by atoms with Gasteiger partial charge in [0.05, 0.1) is 17.3 Å². The third kappa shape index (κ3) is 3.19. The fourth-order valence-corrected chi connectivity index (χ4v) is 3.24. The predicted molar refractivity (Wildman–Crippen MR) is 94.4 cm³/mol. The van der Waals surface area contributed by atoms with Gasteiger partial charge in [0.25, 0.3) is 0 Å². The maximum absolute atomic E-state index is 13.0. The van der Waals surface area contributed by atoms with E-state index in [0.717, 1.165) is 10.0 Å². The molecule has 0 unspecified atom stereocenters. The molecule has 1 amide bonds. The summed E-state index contributed by atoms with van der Waals surface area (Å²) >= 11 is 3.43. The molecule has 0 bridgehead atoms. The number of hydrogen-bond donors (Lipinski definition) is 2. The van der Waals surface area contributed by atoms with Crippen LogP contribution in [0.15, 0.2) is 57.8 Å². The predicted octanol–water partition coefficient (Wildman–Crippen LogP) is 2.91. The topological polar surface area (TPSA) is 76.0 Å². The third-order valence-electron chi connectivity index (χ3n) is 3.74. The molecule has 23 heavy (non-hydrogen) atoms. The van der Waals surface area contributed by atoms with E-state index in [4.69, 9.17) is 5.73 Å². The molecule has 2 aromatic carbocycles. The second kappa shape index (κ2) is 6.38. The first-order chi connectivity index (χ1) is 11.1. The summed E-state index contributed by atoms with van der Waals surface area (Å²) in [7, 11) is 0. The van der Waals surface area contributed by atoms with Gasteiger partial charge in [0.15, 0.2) is 5.43 Å². The van der Waals surface area contributed by atoms with Crippen molar-refractivity contribution in [2.45, 2.75) is 12.8 Å². The lowest BCUT2D eigenvalue weighted by Gasteiger charge is -2.11. The quantitative estimate of drug-likeness (QED) is 0.740. The highest BCUT2D eigenvalue weighted by atomic mass is 79.9. The molecule has 0 aliphatic carbocycles. The van der Waals surface area contributed by atoms with Crippen LogP contribution in [0, 0.1) is 0 Å². The van der Waals surface area contributed by atoms with E-state index < -0.39 is 5.91 Å². The monoisotopic (exact) mass is 370 g/mol. The number of halogens is 1. The van der Waals surface area contributed by atoms with Crippen LogP contribution in [0.1, 0.15) is 16.8 Å². The van der Waals surface area contributed by atoms with E-state index in [0.29, 0.717) is 28.6 Å². The molecule has 0 saturated heterocycles. The fourth-order valence-electron chi connectivity index (χ4n) is 2.70. The molecule has 1 heterocycles. The zero-order valence-corrected chi connectivity index (χ0v) is 13.9. The highest BCUT2D eigenvalue weighted by Crippen LogP contribution is 2.22. The summed E-state index contributed by atoms with van der Waals surface area (Å²) < 4.78 is 0.733. The summed E-state index contributed by atoms with van der Waals surface area (Å²) in [6.45, 7) is 0. The first kappa shape index (κ1) is 15.5. The Labute approximate surface area is 141 Å². The van der Waals surface area contributed by atoms with Gasteiger partial charge in [-0.1, -0.05) is 36.4 Å². The molecule has 3 aromatic rings. The van der Waals surface area contributed by atoms with Crippen molar-refractivity contribution in [1.82, 2.24) is 4.98 Å². The van der Waals surface area contributed by atoms with Crippen LogP contribution in [0.4, 0.5) is 0 Å². The van der Waals surface area contributed by atoms with Crippen LogP contribution >= 0.6 is 15.9 Å². The number of primary amides is 1. The van der Waals surface area contributed by atoms with Gasteiger partial charge in [-0.2, -0.15) is 0 Å². The summed E-state index contributed by atoms with van der Waals surface area (Å²) in [6.07, 6.45) is 0.468. The van der Waals surface area contributed by atoms with E-state index >= 15 is 0 Å². The van der Waals surface area contributed by atoms with Crippen molar-refractivity contribution in [2.75, 3.05) is 0 Å². The number of nitrogens with two attached hydrogens (primary N) is 1. The number of aromatic amines is 1. The summed E-state index contributed by atoms with van der Waals surface area (Å²) in [4.78, 5) is 27.5. The lowest BCUT2D eigenvalue weighted by atomic mass is 9.99. The summed E-state index contributed by atoms with van der Waals surface area (Å²) in [5, 5.41) is 0.589. The molecule has 0 radical (unpaired) electrons. The number of carbonyl (C=O) groups excluding carboxylic acids is 1. The van der Waals surface area contributed by atoms with Crippen molar-refractivity contribution in [3.05, 3.63) is 80.0 Å². The Hall–Kier alpha value is -2.40. The summed E-state index contributed by atoms with van der Waals surface area (Å²) in [5.74, 6) is -0.468. The zero-order chi connectivity index (χ0) is 16.4. The Kier molecular flexibility index (Phi) is 4.30. The molecule has 1 aromatic heterocycles. The maximum atomic E-state index is 13.0. The number of carbonyl (C=O) groups is 1. The molecule has 116 valence electrons. The molecule has 0 spiro atoms. The summed E-state index contributed by atoms with van der Waals surface area (Å²) in [6, 6.07) is 15.2. The van der Waals surface area contributed by atoms with E-state index in [1.807, 2.05) is 48.5 Å². The number of pyridine rings is 1. The number of H-pyrrole nitrogens is 1. The van der Waals surface area contributed by atoms with E-state index in [1.54, 1.807) is 0 Å². The summed E-state index contributed by atoms with van der Waals surface area (Å²) in [5.41, 5.74) is 8.12. The fraction of sp³-hybridized carbons (Fsp3) is 0.111. The highest BCUT2D eigenvalue weighted by Gasteiger charge is 2.15. The van der Waals surface area contributed by atoms with Crippen molar-refractivity contribution >= 4 is 32.7 Å². The molecule has 0 saturated carbocycles. The second-order valence-corrected chi connectivity index (χ2v) is 6.23. The minimum absolute atomic E-state index is 0.0138. The molecule has 3 N–H and O–H groups in total. The van der Waals surface area contributed by atoms with Crippen LogP contribution in [0.3, 0.4) is 0 Å². The molecule has 0 aliphatic heterocycles. The first-order valence-corrected chi connectivity index (χ1v) is 8.00. The maximum Gasteiger partial charge on any atom is 0.223 e. The van der Waals surface area contributed by atoms with Gasteiger partial charge >= 0.3 is 0 Å². The van der Waals surface area contributed by atoms with E-state index in [2.05, 4.69) is 20.9 Å². The standard InChI is InChI=1S/C18H15BrN2O2/c19-13-7-4-8-14-17(13)18(23)12(15(21-14)10-16(20)22)9-11-5-2-1-3-6-11/h1-8H,9-10H2,(H2,20,22)(H,21,23). The van der Waals surface area contributed by atoms with Gasteiger partial charge in [-0.05, 0) is 33.6 Å². The van der Waals surface area contributed by atoms with Crippen molar-refractivity contribution in [3.63, 3.8) is 0 Å². The number of aromatic nitrogens is 1. The van der Waals surface area contributed by atoms with Crippen molar-refractivity contribution in [2.24, 2.45) is 5.73 Å². The van der Waals surface area contributed by atoms with Gasteiger partial charge < -0.3 is 10.7 Å². The van der Waals surface area contributed by atoms with E-state index in [1.165, 1.54) is 0 Å². The van der Waals surface area contributed by atoms with Gasteiger partial charge in [-0.3, -0.25) is 9.59 Å². The Morgan fingerprint density at radius 3 is 2.52 bits per heavy atom. The molecule has 4 nitrogen and oxygen atoms in total. The lowest BCUT2D eigenvalue weighted by molar-refractivity contribution is -0.117. The SMILES string of the molecule is NC(=O)Cc1[nH]c2cccc(Br)c2c(=O)c1Cc1ccccc1. The Balaban J connectivity index is 2.24. The van der Waals surface area contributed by atoms with Crippen molar-refractivity contribution in [1.29, 1.82) is 0 Å². The number of hydrogen-bond acceptors (Lipinski definition) is 2. The molecule has 3 rings (SSSR count). The minimum atomic E-state index is -0.468. The molecule has 5 heteroatoms. The average molecular weight is 371 g/mol. The van der Waals surface area contributed by atoms with Gasteiger partial charge in [0.1, 0.15) is 0 Å².